The van der Waals surface area contributed by atoms with Gasteiger partial charge in [0.2, 0.25) is 0 Å². The van der Waals surface area contributed by atoms with Gasteiger partial charge < -0.3 is 9.80 Å². The lowest BCUT2D eigenvalue weighted by molar-refractivity contribution is 1.26. The minimum Gasteiger partial charge on any atom is -0.311 e. The third-order valence-corrected chi connectivity index (χ3v) is 11.8. The summed E-state index contributed by atoms with van der Waals surface area (Å²) >= 11 is 0. The number of anilines is 6. The van der Waals surface area contributed by atoms with Crippen LogP contribution in [0.1, 0.15) is 0 Å². The fraction of sp³-hybridized carbons (Fsp3) is 0. The average molecular weight is 765 g/mol. The van der Waals surface area contributed by atoms with Crippen LogP contribution in [-0.2, 0) is 0 Å². The van der Waals surface area contributed by atoms with E-state index in [9.17, 15) is 0 Å². The van der Waals surface area contributed by atoms with Crippen LogP contribution in [0.2, 0.25) is 0 Å². The lowest BCUT2D eigenvalue weighted by Crippen LogP contribution is -2.12. The first-order valence-corrected chi connectivity index (χ1v) is 20.6. The molecule has 282 valence electrons. The van der Waals surface area contributed by atoms with E-state index >= 15 is 0 Å². The molecule has 0 aromatic heterocycles. The first-order chi connectivity index (χ1) is 29.8. The summed E-state index contributed by atoms with van der Waals surface area (Å²) in [5.74, 6) is 0. The normalized spacial score (nSPS) is 11.3. The van der Waals surface area contributed by atoms with Gasteiger partial charge in [0, 0.05) is 34.1 Å². The van der Waals surface area contributed by atoms with Gasteiger partial charge in [-0.15, -0.1) is 0 Å². The van der Waals surface area contributed by atoms with Crippen molar-refractivity contribution in [1.82, 2.24) is 0 Å². The van der Waals surface area contributed by atoms with Crippen LogP contribution in [0.4, 0.5) is 34.1 Å². The van der Waals surface area contributed by atoms with Crippen LogP contribution in [0.3, 0.4) is 0 Å². The van der Waals surface area contributed by atoms with Crippen molar-refractivity contribution >= 4 is 77.2 Å². The number of para-hydroxylation sites is 2. The zero-order chi connectivity index (χ0) is 39.8. The van der Waals surface area contributed by atoms with Gasteiger partial charge >= 0.3 is 0 Å². The largest absolute Gasteiger partial charge is 0.311 e. The molecule has 0 radical (unpaired) electrons. The maximum absolute atomic E-state index is 2.37. The Morgan fingerprint density at radius 2 is 0.433 bits per heavy atom. The van der Waals surface area contributed by atoms with E-state index in [0.29, 0.717) is 0 Å². The summed E-state index contributed by atoms with van der Waals surface area (Å²) in [6.07, 6.45) is 0. The summed E-state index contributed by atoms with van der Waals surface area (Å²) in [7, 11) is 0. The topological polar surface area (TPSA) is 6.48 Å². The summed E-state index contributed by atoms with van der Waals surface area (Å²) in [5, 5.41) is 10.0. The molecule has 0 unspecified atom stereocenters. The molecule has 0 atom stereocenters. The van der Waals surface area contributed by atoms with Crippen molar-refractivity contribution in [3.05, 3.63) is 243 Å². The lowest BCUT2D eigenvalue weighted by Gasteiger charge is -2.28. The molecule has 0 saturated carbocycles. The Kier molecular flexibility index (Phi) is 8.87. The summed E-state index contributed by atoms with van der Waals surface area (Å²) < 4.78 is 0. The summed E-state index contributed by atoms with van der Waals surface area (Å²) in [5.41, 5.74) is 11.5. The van der Waals surface area contributed by atoms with Crippen molar-refractivity contribution < 1.29 is 0 Å². The Balaban J connectivity index is 1.04. The van der Waals surface area contributed by atoms with Crippen LogP contribution in [-0.4, -0.2) is 0 Å². The van der Waals surface area contributed by atoms with Gasteiger partial charge in [0.25, 0.3) is 0 Å². The highest BCUT2D eigenvalue weighted by molar-refractivity contribution is 6.14. The van der Waals surface area contributed by atoms with E-state index in [1.54, 1.807) is 0 Å². The molecule has 0 aliphatic heterocycles. The molecule has 0 aliphatic rings. The SMILES string of the molecule is c1ccc(N(c2ccccc2)c2ccc(N(c3ccc(-c4c5ccccc5cc5ccccc45)cc3)c3ccc(-c4c5ccccc5cc5ccccc45)cc3)cc2)cc1. The number of fused-ring (bicyclic) bond motifs is 4. The minimum atomic E-state index is 1.08. The molecule has 0 heterocycles. The van der Waals surface area contributed by atoms with Crippen LogP contribution in [0, 0.1) is 0 Å². The fourth-order valence-electron chi connectivity index (χ4n) is 9.00. The Morgan fingerprint density at radius 3 is 0.733 bits per heavy atom. The molecule has 2 nitrogen and oxygen atoms in total. The number of nitrogens with zero attached hydrogens (tertiary/aromatic N) is 2. The first kappa shape index (κ1) is 35.2. The predicted molar refractivity (Wildman–Crippen MR) is 257 cm³/mol. The number of hydrogen-bond donors (Lipinski definition) is 0. The van der Waals surface area contributed by atoms with Crippen LogP contribution >= 0.6 is 0 Å². The fourth-order valence-corrected chi connectivity index (χ4v) is 9.00. The van der Waals surface area contributed by atoms with E-state index in [1.807, 2.05) is 0 Å². The standard InChI is InChI=1S/C58H40N2/c1-3-19-47(20-4-1)59(48-21-5-2-6-22-48)51-35-37-52(38-36-51)60(49-31-27-41(28-32-49)57-53-23-11-7-15-43(53)39-44-16-8-12-24-54(44)57)50-33-29-42(30-34-50)58-55-25-13-9-17-45(55)40-46-18-10-14-26-56(46)58/h1-40H. The van der Waals surface area contributed by atoms with E-state index in [2.05, 4.69) is 252 Å². The highest BCUT2D eigenvalue weighted by atomic mass is 15.2. The average Bonchev–Trinajstić information content (AvgIpc) is 3.32. The van der Waals surface area contributed by atoms with Crippen molar-refractivity contribution in [3.63, 3.8) is 0 Å². The van der Waals surface area contributed by atoms with Crippen LogP contribution in [0.25, 0.3) is 65.3 Å². The van der Waals surface area contributed by atoms with Gasteiger partial charge in [0.1, 0.15) is 0 Å². The molecule has 2 heteroatoms. The maximum atomic E-state index is 2.37. The Bertz CT molecular complexity index is 2970. The van der Waals surface area contributed by atoms with E-state index < -0.39 is 0 Å². The van der Waals surface area contributed by atoms with Gasteiger partial charge in [0.05, 0.1) is 0 Å². The molecule has 0 bridgehead atoms. The van der Waals surface area contributed by atoms with Crippen LogP contribution in [0.5, 0.6) is 0 Å². The molecule has 0 amide bonds. The Labute approximate surface area is 350 Å². The second-order valence-corrected chi connectivity index (χ2v) is 15.3. The molecule has 0 spiro atoms. The van der Waals surface area contributed by atoms with Crippen LogP contribution in [0.15, 0.2) is 243 Å². The smallest absolute Gasteiger partial charge is 0.0463 e. The zero-order valence-corrected chi connectivity index (χ0v) is 33.0. The van der Waals surface area contributed by atoms with E-state index in [0.717, 1.165) is 34.1 Å². The molecule has 0 saturated heterocycles. The van der Waals surface area contributed by atoms with Crippen LogP contribution < -0.4 is 9.80 Å². The van der Waals surface area contributed by atoms with Crippen molar-refractivity contribution in [3.8, 4) is 22.3 Å². The highest BCUT2D eigenvalue weighted by Crippen LogP contribution is 2.43. The number of rotatable bonds is 8. The summed E-state index contributed by atoms with van der Waals surface area (Å²) in [4.78, 5) is 4.68. The second-order valence-electron chi connectivity index (χ2n) is 15.3. The van der Waals surface area contributed by atoms with Crippen molar-refractivity contribution in [2.75, 3.05) is 9.80 Å². The van der Waals surface area contributed by atoms with Gasteiger partial charge in [0.15, 0.2) is 0 Å². The molecule has 11 aromatic carbocycles. The molecule has 11 aromatic rings. The minimum absolute atomic E-state index is 1.08. The molecule has 0 N–H and O–H groups in total. The number of benzene rings is 11. The number of hydrogen-bond acceptors (Lipinski definition) is 2. The molecule has 60 heavy (non-hydrogen) atoms. The summed E-state index contributed by atoms with van der Waals surface area (Å²) in [6, 6.07) is 87.8. The second kappa shape index (κ2) is 15.1. The van der Waals surface area contributed by atoms with Gasteiger partial charge in [-0.05, 0) is 150 Å². The monoisotopic (exact) mass is 764 g/mol. The maximum Gasteiger partial charge on any atom is 0.0463 e. The highest BCUT2D eigenvalue weighted by Gasteiger charge is 2.18. The molecular weight excluding hydrogens is 725 g/mol. The molecule has 11 rings (SSSR count). The van der Waals surface area contributed by atoms with Gasteiger partial charge in [-0.2, -0.15) is 0 Å². The van der Waals surface area contributed by atoms with Gasteiger partial charge in [-0.3, -0.25) is 0 Å². The third kappa shape index (κ3) is 6.32. The Morgan fingerprint density at radius 1 is 0.200 bits per heavy atom. The lowest BCUT2D eigenvalue weighted by atomic mass is 9.91. The van der Waals surface area contributed by atoms with E-state index in [4.69, 9.17) is 0 Å². The van der Waals surface area contributed by atoms with E-state index in [1.165, 1.54) is 65.3 Å². The molecular formula is C58H40N2. The zero-order valence-electron chi connectivity index (χ0n) is 33.0. The van der Waals surface area contributed by atoms with Gasteiger partial charge in [-0.25, -0.2) is 0 Å². The van der Waals surface area contributed by atoms with Crippen molar-refractivity contribution in [1.29, 1.82) is 0 Å². The quantitative estimate of drug-likeness (QED) is 0.142. The first-order valence-electron chi connectivity index (χ1n) is 20.6. The molecule has 0 aliphatic carbocycles. The summed E-state index contributed by atoms with van der Waals surface area (Å²) in [6.45, 7) is 0. The van der Waals surface area contributed by atoms with Crippen molar-refractivity contribution in [2.45, 2.75) is 0 Å². The predicted octanol–water partition coefficient (Wildman–Crippen LogP) is 16.6. The Hall–Kier alpha value is -7.94. The van der Waals surface area contributed by atoms with Crippen molar-refractivity contribution in [2.24, 2.45) is 0 Å². The van der Waals surface area contributed by atoms with Gasteiger partial charge in [-0.1, -0.05) is 158 Å². The third-order valence-electron chi connectivity index (χ3n) is 11.8. The molecule has 0 fully saturated rings. The van der Waals surface area contributed by atoms with E-state index in [-0.39, 0.29) is 0 Å².